The van der Waals surface area contributed by atoms with Gasteiger partial charge in [-0.3, -0.25) is 4.79 Å². The lowest BCUT2D eigenvalue weighted by Gasteiger charge is -2.18. The van der Waals surface area contributed by atoms with Crippen molar-refractivity contribution < 1.29 is 9.36 Å². The number of hydrogen-bond acceptors (Lipinski definition) is 1. The highest BCUT2D eigenvalue weighted by Crippen LogP contribution is 2.00. The van der Waals surface area contributed by atoms with Crippen LogP contribution in [0.1, 0.15) is 33.1 Å². The van der Waals surface area contributed by atoms with E-state index in [4.69, 9.17) is 0 Å². The molecule has 0 atom stereocenters. The Morgan fingerprint density at radius 1 is 1.06 bits per heavy atom. The summed E-state index contributed by atoms with van der Waals surface area (Å²) in [6.07, 6.45) is 6.83. The SMILES string of the molecule is CCN(CC)C(=O)CCCC[n+]1ccccc1. The molecule has 1 heterocycles. The predicted molar refractivity (Wildman–Crippen MR) is 68.4 cm³/mol. The third kappa shape index (κ3) is 4.98. The molecule has 0 saturated carbocycles. The quantitative estimate of drug-likeness (QED) is 0.524. The molecule has 0 aliphatic rings. The molecule has 0 aliphatic heterocycles. The average Bonchev–Trinajstić information content (AvgIpc) is 2.37. The fourth-order valence-electron chi connectivity index (χ4n) is 1.89. The molecule has 1 amide bonds. The third-order valence-corrected chi connectivity index (χ3v) is 2.95. The maximum absolute atomic E-state index is 11.7. The highest BCUT2D eigenvalue weighted by atomic mass is 16.2. The van der Waals surface area contributed by atoms with Crippen LogP contribution in [0.3, 0.4) is 0 Å². The van der Waals surface area contributed by atoms with Crippen LogP contribution in [0.5, 0.6) is 0 Å². The van der Waals surface area contributed by atoms with Gasteiger partial charge in [0, 0.05) is 38.1 Å². The van der Waals surface area contributed by atoms with Gasteiger partial charge >= 0.3 is 0 Å². The molecular weight excluding hydrogens is 212 g/mol. The van der Waals surface area contributed by atoms with E-state index in [1.54, 1.807) is 0 Å². The minimum Gasteiger partial charge on any atom is -0.343 e. The Labute approximate surface area is 104 Å². The number of rotatable bonds is 7. The number of unbranched alkanes of at least 4 members (excludes halogenated alkanes) is 1. The molecule has 3 nitrogen and oxygen atoms in total. The van der Waals surface area contributed by atoms with E-state index in [2.05, 4.69) is 17.0 Å². The van der Waals surface area contributed by atoms with Crippen LogP contribution in [0.2, 0.25) is 0 Å². The lowest BCUT2D eigenvalue weighted by atomic mass is 10.2. The van der Waals surface area contributed by atoms with E-state index < -0.39 is 0 Å². The van der Waals surface area contributed by atoms with E-state index in [1.807, 2.05) is 36.9 Å². The maximum atomic E-state index is 11.7. The first kappa shape index (κ1) is 13.7. The molecule has 3 heteroatoms. The van der Waals surface area contributed by atoms with Gasteiger partial charge in [0.1, 0.15) is 6.54 Å². The van der Waals surface area contributed by atoms with Crippen LogP contribution in [0.4, 0.5) is 0 Å². The minimum absolute atomic E-state index is 0.285. The van der Waals surface area contributed by atoms with Crippen LogP contribution in [-0.2, 0) is 11.3 Å². The number of carbonyl (C=O) groups excluding carboxylic acids is 1. The summed E-state index contributed by atoms with van der Waals surface area (Å²) in [5.74, 6) is 0.285. The summed E-state index contributed by atoms with van der Waals surface area (Å²) in [6, 6.07) is 6.07. The number of carbonyl (C=O) groups is 1. The van der Waals surface area contributed by atoms with Gasteiger partial charge in [0.2, 0.25) is 5.91 Å². The summed E-state index contributed by atoms with van der Waals surface area (Å²) >= 11 is 0. The molecule has 1 aromatic heterocycles. The summed E-state index contributed by atoms with van der Waals surface area (Å²) < 4.78 is 2.15. The van der Waals surface area contributed by atoms with Crippen molar-refractivity contribution in [3.05, 3.63) is 30.6 Å². The van der Waals surface area contributed by atoms with Crippen LogP contribution in [0, 0.1) is 0 Å². The average molecular weight is 235 g/mol. The summed E-state index contributed by atoms with van der Waals surface area (Å²) in [5.41, 5.74) is 0. The van der Waals surface area contributed by atoms with Crippen molar-refractivity contribution in [3.63, 3.8) is 0 Å². The maximum Gasteiger partial charge on any atom is 0.222 e. The van der Waals surface area contributed by atoms with Gasteiger partial charge in [0.05, 0.1) is 0 Å². The molecule has 0 saturated heterocycles. The molecule has 0 N–H and O–H groups in total. The molecule has 17 heavy (non-hydrogen) atoms. The molecule has 0 bridgehead atoms. The lowest BCUT2D eigenvalue weighted by molar-refractivity contribution is -0.697. The van der Waals surface area contributed by atoms with Gasteiger partial charge < -0.3 is 4.90 Å². The molecule has 94 valence electrons. The number of nitrogens with zero attached hydrogens (tertiary/aromatic N) is 2. The predicted octanol–water partition coefficient (Wildman–Crippen LogP) is 2.01. The minimum atomic E-state index is 0.285. The van der Waals surface area contributed by atoms with Crippen LogP contribution in [0.15, 0.2) is 30.6 Å². The van der Waals surface area contributed by atoms with Crippen molar-refractivity contribution in [2.45, 2.75) is 39.7 Å². The summed E-state index contributed by atoms with van der Waals surface area (Å²) in [5, 5.41) is 0. The second-order valence-corrected chi connectivity index (χ2v) is 4.14. The summed E-state index contributed by atoms with van der Waals surface area (Å²) in [6.45, 7) is 6.69. The first-order valence-corrected chi connectivity index (χ1v) is 6.49. The Morgan fingerprint density at radius 2 is 1.71 bits per heavy atom. The van der Waals surface area contributed by atoms with Crippen LogP contribution >= 0.6 is 0 Å². The van der Waals surface area contributed by atoms with Crippen molar-refractivity contribution in [2.24, 2.45) is 0 Å². The van der Waals surface area contributed by atoms with E-state index in [9.17, 15) is 4.79 Å². The van der Waals surface area contributed by atoms with E-state index in [0.717, 1.165) is 32.5 Å². The highest BCUT2D eigenvalue weighted by Gasteiger charge is 2.09. The van der Waals surface area contributed by atoms with E-state index >= 15 is 0 Å². The molecule has 0 aromatic carbocycles. The first-order chi connectivity index (χ1) is 8.27. The Morgan fingerprint density at radius 3 is 2.29 bits per heavy atom. The second-order valence-electron chi connectivity index (χ2n) is 4.14. The zero-order valence-electron chi connectivity index (χ0n) is 10.9. The van der Waals surface area contributed by atoms with Gasteiger partial charge in [-0.15, -0.1) is 0 Å². The highest BCUT2D eigenvalue weighted by molar-refractivity contribution is 5.75. The molecule has 1 aromatic rings. The normalized spacial score (nSPS) is 10.2. The van der Waals surface area contributed by atoms with Crippen molar-refractivity contribution in [3.8, 4) is 0 Å². The zero-order chi connectivity index (χ0) is 12.5. The van der Waals surface area contributed by atoms with Crippen LogP contribution in [-0.4, -0.2) is 23.9 Å². The number of pyridine rings is 1. The van der Waals surface area contributed by atoms with Crippen molar-refractivity contribution in [2.75, 3.05) is 13.1 Å². The van der Waals surface area contributed by atoms with Gasteiger partial charge in [-0.1, -0.05) is 6.07 Å². The van der Waals surface area contributed by atoms with Crippen LogP contribution in [0.25, 0.3) is 0 Å². The molecule has 0 aliphatic carbocycles. The Kier molecular flexibility index (Phi) is 6.30. The first-order valence-electron chi connectivity index (χ1n) is 6.49. The number of aromatic nitrogens is 1. The fourth-order valence-corrected chi connectivity index (χ4v) is 1.89. The van der Waals surface area contributed by atoms with E-state index in [0.29, 0.717) is 6.42 Å². The van der Waals surface area contributed by atoms with Gasteiger partial charge in [-0.05, 0) is 20.3 Å². The van der Waals surface area contributed by atoms with Crippen LogP contribution < -0.4 is 4.57 Å². The van der Waals surface area contributed by atoms with E-state index in [1.165, 1.54) is 0 Å². The largest absolute Gasteiger partial charge is 0.343 e. The summed E-state index contributed by atoms with van der Waals surface area (Å²) in [4.78, 5) is 13.6. The standard InChI is InChI=1S/C14H23N2O/c1-3-16(4-2)14(17)10-6-9-13-15-11-7-5-8-12-15/h5,7-8,11-12H,3-4,6,9-10,13H2,1-2H3/q+1. The van der Waals surface area contributed by atoms with Gasteiger partial charge in [-0.2, -0.15) is 0 Å². The molecule has 1 rings (SSSR count). The third-order valence-electron chi connectivity index (χ3n) is 2.95. The molecule has 0 radical (unpaired) electrons. The second kappa shape index (κ2) is 7.82. The molecule has 0 spiro atoms. The Balaban J connectivity index is 2.18. The lowest BCUT2D eigenvalue weighted by Crippen LogP contribution is -2.33. The van der Waals surface area contributed by atoms with Gasteiger partial charge in [0.15, 0.2) is 12.4 Å². The number of hydrogen-bond donors (Lipinski definition) is 0. The smallest absolute Gasteiger partial charge is 0.222 e. The van der Waals surface area contributed by atoms with Crippen molar-refractivity contribution in [1.29, 1.82) is 0 Å². The fraction of sp³-hybridized carbons (Fsp3) is 0.571. The monoisotopic (exact) mass is 235 g/mol. The molecule has 0 unspecified atom stereocenters. The van der Waals surface area contributed by atoms with Crippen molar-refractivity contribution >= 4 is 5.91 Å². The van der Waals surface area contributed by atoms with E-state index in [-0.39, 0.29) is 5.91 Å². The van der Waals surface area contributed by atoms with Gasteiger partial charge in [0.25, 0.3) is 0 Å². The Bertz CT molecular complexity index is 320. The number of aryl methyl sites for hydroxylation is 1. The van der Waals surface area contributed by atoms with Gasteiger partial charge in [-0.25, -0.2) is 4.57 Å². The topological polar surface area (TPSA) is 24.2 Å². The Hall–Kier alpha value is -1.38. The zero-order valence-corrected chi connectivity index (χ0v) is 10.9. The molecular formula is C14H23N2O+. The molecule has 0 fully saturated rings. The summed E-state index contributed by atoms with van der Waals surface area (Å²) in [7, 11) is 0. The number of amides is 1. The van der Waals surface area contributed by atoms with Crippen molar-refractivity contribution in [1.82, 2.24) is 4.90 Å².